The smallest absolute Gasteiger partial charge is 0.325 e. The molecule has 0 bridgehead atoms. The molecule has 124 valence electrons. The van der Waals surface area contributed by atoms with E-state index in [4.69, 9.17) is 9.47 Å². The zero-order valence-electron chi connectivity index (χ0n) is 14.1. The normalized spacial score (nSPS) is 22.2. The Morgan fingerprint density at radius 1 is 1.43 bits per heavy atom. The Morgan fingerprint density at radius 2 is 2.19 bits per heavy atom. The van der Waals surface area contributed by atoms with Gasteiger partial charge in [0.2, 0.25) is 0 Å². The van der Waals surface area contributed by atoms with Crippen LogP contribution in [0.15, 0.2) is 0 Å². The molecule has 5 nitrogen and oxygen atoms in total. The van der Waals surface area contributed by atoms with Crippen LogP contribution in [-0.4, -0.2) is 63.4 Å². The van der Waals surface area contributed by atoms with Crippen LogP contribution < -0.4 is 5.32 Å². The van der Waals surface area contributed by atoms with Gasteiger partial charge in [0.15, 0.2) is 0 Å². The molecule has 5 heteroatoms. The van der Waals surface area contributed by atoms with Crippen LogP contribution in [0.1, 0.15) is 39.5 Å². The first kappa shape index (κ1) is 18.4. The predicted octanol–water partition coefficient (Wildman–Crippen LogP) is 1.67. The van der Waals surface area contributed by atoms with Gasteiger partial charge < -0.3 is 19.7 Å². The van der Waals surface area contributed by atoms with Gasteiger partial charge in [-0.1, -0.05) is 6.92 Å². The number of rotatable bonds is 10. The van der Waals surface area contributed by atoms with Gasteiger partial charge in [-0.2, -0.15) is 0 Å². The van der Waals surface area contributed by atoms with Crippen LogP contribution in [0.25, 0.3) is 0 Å². The van der Waals surface area contributed by atoms with Gasteiger partial charge >= 0.3 is 5.97 Å². The number of nitrogens with one attached hydrogen (secondary N) is 1. The summed E-state index contributed by atoms with van der Waals surface area (Å²) in [6, 6.07) is 0. The number of nitrogens with zero attached hydrogens (tertiary/aromatic N) is 1. The Kier molecular flexibility index (Phi) is 8.22. The monoisotopic (exact) mass is 300 g/mol. The average Bonchev–Trinajstić information content (AvgIpc) is 2.92. The van der Waals surface area contributed by atoms with Gasteiger partial charge in [0, 0.05) is 13.7 Å². The molecule has 0 amide bonds. The number of hydrogen-bond acceptors (Lipinski definition) is 5. The van der Waals surface area contributed by atoms with Crippen molar-refractivity contribution in [2.45, 2.75) is 45.1 Å². The molecule has 2 atom stereocenters. The highest BCUT2D eigenvalue weighted by molar-refractivity contribution is 5.80. The molecule has 0 aliphatic carbocycles. The highest BCUT2D eigenvalue weighted by Crippen LogP contribution is 2.19. The summed E-state index contributed by atoms with van der Waals surface area (Å²) in [4.78, 5) is 14.5. The second-order valence-electron chi connectivity index (χ2n) is 6.26. The van der Waals surface area contributed by atoms with E-state index in [1.807, 2.05) is 6.92 Å². The summed E-state index contributed by atoms with van der Waals surface area (Å²) in [6.45, 7) is 9.05. The van der Waals surface area contributed by atoms with Crippen molar-refractivity contribution in [2.24, 2.45) is 5.92 Å². The van der Waals surface area contributed by atoms with Crippen molar-refractivity contribution in [2.75, 3.05) is 47.0 Å². The molecule has 1 aliphatic heterocycles. The minimum Gasteiger partial charge on any atom is -0.468 e. The molecular weight excluding hydrogens is 268 g/mol. The number of likely N-dealkylation sites (tertiary alicyclic amines) is 1. The molecule has 0 aromatic heterocycles. The molecule has 1 fully saturated rings. The molecule has 0 spiro atoms. The first-order chi connectivity index (χ1) is 10.1. The molecule has 1 rings (SSSR count). The lowest BCUT2D eigenvalue weighted by Gasteiger charge is -2.29. The zero-order chi connectivity index (χ0) is 15.7. The molecule has 1 heterocycles. The van der Waals surface area contributed by atoms with Crippen LogP contribution >= 0.6 is 0 Å². The Balaban J connectivity index is 2.35. The quantitative estimate of drug-likeness (QED) is 0.622. The van der Waals surface area contributed by atoms with Crippen LogP contribution in [0.4, 0.5) is 0 Å². The number of carbonyl (C=O) groups is 1. The van der Waals surface area contributed by atoms with Gasteiger partial charge in [-0.3, -0.25) is 4.79 Å². The minimum absolute atomic E-state index is 0.158. The Labute approximate surface area is 129 Å². The van der Waals surface area contributed by atoms with E-state index in [0.717, 1.165) is 52.0 Å². The Morgan fingerprint density at radius 3 is 2.81 bits per heavy atom. The van der Waals surface area contributed by atoms with Gasteiger partial charge in [-0.05, 0) is 58.2 Å². The van der Waals surface area contributed by atoms with Crippen molar-refractivity contribution in [1.82, 2.24) is 10.2 Å². The van der Waals surface area contributed by atoms with E-state index in [0.29, 0.717) is 5.92 Å². The van der Waals surface area contributed by atoms with Crippen molar-refractivity contribution < 1.29 is 14.3 Å². The van der Waals surface area contributed by atoms with E-state index in [-0.39, 0.29) is 5.97 Å². The average molecular weight is 300 g/mol. The van der Waals surface area contributed by atoms with Gasteiger partial charge in [-0.15, -0.1) is 0 Å². The molecule has 0 radical (unpaired) electrons. The first-order valence-electron chi connectivity index (χ1n) is 8.10. The molecule has 1 saturated heterocycles. The van der Waals surface area contributed by atoms with Gasteiger partial charge in [0.25, 0.3) is 0 Å². The largest absolute Gasteiger partial charge is 0.468 e. The third-order valence-corrected chi connectivity index (χ3v) is 4.32. The van der Waals surface area contributed by atoms with Crippen LogP contribution in [0, 0.1) is 5.92 Å². The van der Waals surface area contributed by atoms with Crippen LogP contribution in [0.3, 0.4) is 0 Å². The maximum Gasteiger partial charge on any atom is 0.325 e. The number of hydrogen-bond donors (Lipinski definition) is 1. The summed E-state index contributed by atoms with van der Waals surface area (Å²) in [5.41, 5.74) is -0.559. The van der Waals surface area contributed by atoms with Crippen molar-refractivity contribution in [3.63, 3.8) is 0 Å². The van der Waals surface area contributed by atoms with Crippen LogP contribution in [0.2, 0.25) is 0 Å². The topological polar surface area (TPSA) is 50.8 Å². The second kappa shape index (κ2) is 9.38. The van der Waals surface area contributed by atoms with E-state index < -0.39 is 5.54 Å². The van der Waals surface area contributed by atoms with Crippen molar-refractivity contribution >= 4 is 5.97 Å². The molecular formula is C16H32N2O3. The molecule has 0 aromatic rings. The molecule has 0 aromatic carbocycles. The Hall–Kier alpha value is -0.650. The van der Waals surface area contributed by atoms with Gasteiger partial charge in [0.1, 0.15) is 5.54 Å². The number of esters is 1. The van der Waals surface area contributed by atoms with Crippen molar-refractivity contribution in [3.05, 3.63) is 0 Å². The van der Waals surface area contributed by atoms with E-state index in [1.165, 1.54) is 13.5 Å². The predicted molar refractivity (Wildman–Crippen MR) is 84.4 cm³/mol. The third kappa shape index (κ3) is 5.93. The Bertz CT molecular complexity index is 312. The summed E-state index contributed by atoms with van der Waals surface area (Å²) >= 11 is 0. The minimum atomic E-state index is -0.559. The third-order valence-electron chi connectivity index (χ3n) is 4.32. The highest BCUT2D eigenvalue weighted by Gasteiger charge is 2.33. The maximum absolute atomic E-state index is 12.0. The molecule has 2 unspecified atom stereocenters. The fourth-order valence-electron chi connectivity index (χ4n) is 3.03. The van der Waals surface area contributed by atoms with Gasteiger partial charge in [0.05, 0.1) is 13.7 Å². The van der Waals surface area contributed by atoms with E-state index >= 15 is 0 Å². The number of ether oxygens (including phenoxy) is 2. The SMILES string of the molecule is CCCNC(C)(CCCN1CCC(COC)C1)C(=O)OC. The standard InChI is InChI=1S/C16H32N2O3/c1-5-9-17-16(2,15(19)21-4)8-6-10-18-11-7-14(12-18)13-20-3/h14,17H,5-13H2,1-4H3. The lowest BCUT2D eigenvalue weighted by atomic mass is 9.95. The first-order valence-corrected chi connectivity index (χ1v) is 8.10. The van der Waals surface area contributed by atoms with E-state index in [9.17, 15) is 4.79 Å². The fraction of sp³-hybridized carbons (Fsp3) is 0.938. The summed E-state index contributed by atoms with van der Waals surface area (Å²) < 4.78 is 10.2. The highest BCUT2D eigenvalue weighted by atomic mass is 16.5. The lowest BCUT2D eigenvalue weighted by molar-refractivity contribution is -0.148. The summed E-state index contributed by atoms with van der Waals surface area (Å²) in [5, 5.41) is 3.34. The summed E-state index contributed by atoms with van der Waals surface area (Å²) in [6.07, 6.45) is 4.04. The molecule has 1 N–H and O–H groups in total. The molecule has 21 heavy (non-hydrogen) atoms. The van der Waals surface area contributed by atoms with Crippen molar-refractivity contribution in [3.8, 4) is 0 Å². The number of carbonyl (C=O) groups excluding carboxylic acids is 1. The number of methoxy groups -OCH3 is 2. The van der Waals surface area contributed by atoms with Crippen LogP contribution in [0.5, 0.6) is 0 Å². The maximum atomic E-state index is 12.0. The van der Waals surface area contributed by atoms with E-state index in [1.54, 1.807) is 7.11 Å². The van der Waals surface area contributed by atoms with Crippen LogP contribution in [-0.2, 0) is 14.3 Å². The molecule has 1 aliphatic rings. The second-order valence-corrected chi connectivity index (χ2v) is 6.26. The van der Waals surface area contributed by atoms with Crippen molar-refractivity contribution in [1.29, 1.82) is 0 Å². The molecule has 0 saturated carbocycles. The lowest BCUT2D eigenvalue weighted by Crippen LogP contribution is -2.50. The zero-order valence-corrected chi connectivity index (χ0v) is 14.1. The summed E-state index contributed by atoms with van der Waals surface area (Å²) in [7, 11) is 3.23. The summed E-state index contributed by atoms with van der Waals surface area (Å²) in [5.74, 6) is 0.509. The fourth-order valence-corrected chi connectivity index (χ4v) is 3.03. The van der Waals surface area contributed by atoms with Gasteiger partial charge in [-0.25, -0.2) is 0 Å². The van der Waals surface area contributed by atoms with E-state index in [2.05, 4.69) is 17.1 Å².